The normalized spacial score (nSPS) is 15.0. The Kier molecular flexibility index (Phi) is 6.95. The Bertz CT molecular complexity index is 1730. The summed E-state index contributed by atoms with van der Waals surface area (Å²) in [5.74, 6) is 0. The molecule has 2 aliphatic rings. The standard InChI is InChI=1S/C34H30N4O2S/c39-34(40-23-24-7-3-1-4-8-24)38-19-15-26-21-27(11-12-28(26)22-38)31-30-16-20-41-33(30)32(36-35-31)25-13-17-37(18-14-25)29-9-5-2-6-10-29/h1-13,16,20-21H,14-15,17-19,22-23H2. The second kappa shape index (κ2) is 11.2. The van der Waals surface area contributed by atoms with Crippen molar-refractivity contribution in [1.29, 1.82) is 0 Å². The van der Waals surface area contributed by atoms with E-state index in [2.05, 4.69) is 71.0 Å². The molecule has 0 saturated heterocycles. The minimum atomic E-state index is -0.270. The van der Waals surface area contributed by atoms with Gasteiger partial charge < -0.3 is 14.5 Å². The highest BCUT2D eigenvalue weighted by Crippen LogP contribution is 2.37. The van der Waals surface area contributed by atoms with E-state index in [-0.39, 0.29) is 12.7 Å². The average Bonchev–Trinajstić information content (AvgIpc) is 3.54. The van der Waals surface area contributed by atoms with Gasteiger partial charge in [-0.25, -0.2) is 4.79 Å². The van der Waals surface area contributed by atoms with E-state index in [0.717, 1.165) is 59.4 Å². The molecule has 2 aliphatic heterocycles. The third-order valence-corrected chi connectivity index (χ3v) is 8.90. The number of hydrogen-bond acceptors (Lipinski definition) is 6. The lowest BCUT2D eigenvalue weighted by molar-refractivity contribution is 0.0918. The number of nitrogens with zero attached hydrogens (tertiary/aromatic N) is 4. The van der Waals surface area contributed by atoms with Crippen molar-refractivity contribution in [1.82, 2.24) is 15.1 Å². The maximum atomic E-state index is 12.7. The van der Waals surface area contributed by atoms with Crippen LogP contribution in [0, 0.1) is 0 Å². The van der Waals surface area contributed by atoms with E-state index in [1.807, 2.05) is 30.3 Å². The summed E-state index contributed by atoms with van der Waals surface area (Å²) in [7, 11) is 0. The molecule has 0 aliphatic carbocycles. The molecule has 0 spiro atoms. The van der Waals surface area contributed by atoms with Gasteiger partial charge in [-0.3, -0.25) is 0 Å². The molecule has 5 aromatic rings. The van der Waals surface area contributed by atoms with Crippen LogP contribution in [-0.2, 0) is 24.3 Å². The van der Waals surface area contributed by atoms with Crippen LogP contribution in [0.15, 0.2) is 96.4 Å². The van der Waals surface area contributed by atoms with Crippen LogP contribution < -0.4 is 4.90 Å². The minimum absolute atomic E-state index is 0.270. The van der Waals surface area contributed by atoms with E-state index in [4.69, 9.17) is 14.9 Å². The summed E-state index contributed by atoms with van der Waals surface area (Å²) in [4.78, 5) is 16.9. The highest BCUT2D eigenvalue weighted by molar-refractivity contribution is 7.17. The van der Waals surface area contributed by atoms with Crippen LogP contribution in [0.3, 0.4) is 0 Å². The van der Waals surface area contributed by atoms with Crippen molar-refractivity contribution in [3.05, 3.63) is 119 Å². The van der Waals surface area contributed by atoms with Gasteiger partial charge in [-0.1, -0.05) is 66.7 Å². The lowest BCUT2D eigenvalue weighted by Gasteiger charge is -2.28. The molecule has 0 atom stereocenters. The van der Waals surface area contributed by atoms with Crippen molar-refractivity contribution in [3.63, 3.8) is 0 Å². The number of ether oxygens (including phenoxy) is 1. The van der Waals surface area contributed by atoms with Gasteiger partial charge in [-0.05, 0) is 64.8 Å². The number of rotatable bonds is 5. The van der Waals surface area contributed by atoms with Crippen molar-refractivity contribution in [2.45, 2.75) is 26.0 Å². The van der Waals surface area contributed by atoms with Gasteiger partial charge in [0.1, 0.15) is 18.0 Å². The fourth-order valence-corrected chi connectivity index (χ4v) is 6.64. The predicted molar refractivity (Wildman–Crippen MR) is 165 cm³/mol. The Hall–Kier alpha value is -4.49. The molecule has 2 aromatic heterocycles. The smallest absolute Gasteiger partial charge is 0.410 e. The second-order valence-corrected chi connectivity index (χ2v) is 11.4. The number of thiophene rings is 1. The van der Waals surface area contributed by atoms with Crippen LogP contribution in [0.1, 0.15) is 28.8 Å². The van der Waals surface area contributed by atoms with Crippen molar-refractivity contribution in [2.75, 3.05) is 24.5 Å². The highest BCUT2D eigenvalue weighted by Gasteiger charge is 2.24. The first-order chi connectivity index (χ1) is 20.2. The van der Waals surface area contributed by atoms with Gasteiger partial charge in [0.25, 0.3) is 0 Å². The zero-order valence-electron chi connectivity index (χ0n) is 22.7. The average molecular weight is 559 g/mol. The largest absolute Gasteiger partial charge is 0.445 e. The summed E-state index contributed by atoms with van der Waals surface area (Å²) in [6.07, 6.45) is 3.76. The molecule has 4 heterocycles. The van der Waals surface area contributed by atoms with Gasteiger partial charge in [-0.2, -0.15) is 0 Å². The van der Waals surface area contributed by atoms with Gasteiger partial charge in [-0.15, -0.1) is 21.5 Å². The molecule has 6 nitrogen and oxygen atoms in total. The summed E-state index contributed by atoms with van der Waals surface area (Å²) >= 11 is 1.73. The van der Waals surface area contributed by atoms with E-state index in [1.54, 1.807) is 16.2 Å². The van der Waals surface area contributed by atoms with E-state index >= 15 is 0 Å². The third-order valence-electron chi connectivity index (χ3n) is 7.98. The Morgan fingerprint density at radius 3 is 2.46 bits per heavy atom. The molecule has 3 aromatic carbocycles. The molecule has 0 N–H and O–H groups in total. The molecule has 0 unspecified atom stereocenters. The quantitative estimate of drug-likeness (QED) is 0.226. The molecule has 41 heavy (non-hydrogen) atoms. The summed E-state index contributed by atoms with van der Waals surface area (Å²) in [6, 6.07) is 29.0. The third kappa shape index (κ3) is 5.21. The van der Waals surface area contributed by atoms with E-state index in [0.29, 0.717) is 13.1 Å². The lowest BCUT2D eigenvalue weighted by atomic mass is 9.95. The molecule has 0 saturated carbocycles. The van der Waals surface area contributed by atoms with Crippen LogP contribution in [0.4, 0.5) is 10.5 Å². The first kappa shape index (κ1) is 25.5. The number of para-hydroxylation sites is 1. The van der Waals surface area contributed by atoms with Gasteiger partial charge in [0.15, 0.2) is 0 Å². The highest BCUT2D eigenvalue weighted by atomic mass is 32.1. The number of benzene rings is 3. The second-order valence-electron chi connectivity index (χ2n) is 10.5. The van der Waals surface area contributed by atoms with Crippen molar-refractivity contribution >= 4 is 38.8 Å². The minimum Gasteiger partial charge on any atom is -0.445 e. The van der Waals surface area contributed by atoms with Gasteiger partial charge in [0.05, 0.1) is 4.70 Å². The SMILES string of the molecule is O=C(OCc1ccccc1)N1CCc2cc(-c3nnc(C4=CCN(c5ccccc5)CC4)c4sccc34)ccc2C1. The van der Waals surface area contributed by atoms with Crippen LogP contribution in [0.5, 0.6) is 0 Å². The summed E-state index contributed by atoms with van der Waals surface area (Å²) < 4.78 is 6.76. The maximum absolute atomic E-state index is 12.7. The van der Waals surface area contributed by atoms with E-state index < -0.39 is 0 Å². The topological polar surface area (TPSA) is 58.6 Å². The van der Waals surface area contributed by atoms with Crippen molar-refractivity contribution in [2.24, 2.45) is 0 Å². The Morgan fingerprint density at radius 1 is 0.854 bits per heavy atom. The first-order valence-electron chi connectivity index (χ1n) is 14.0. The lowest BCUT2D eigenvalue weighted by Crippen LogP contribution is -2.36. The Labute approximate surface area is 243 Å². The number of amides is 1. The van der Waals surface area contributed by atoms with Crippen LogP contribution in [0.2, 0.25) is 0 Å². The predicted octanol–water partition coefficient (Wildman–Crippen LogP) is 7.35. The van der Waals surface area contributed by atoms with Gasteiger partial charge >= 0.3 is 6.09 Å². The zero-order valence-corrected chi connectivity index (χ0v) is 23.5. The summed E-state index contributed by atoms with van der Waals surface area (Å²) in [6.45, 7) is 3.31. The molecule has 0 fully saturated rings. The molecule has 7 rings (SSSR count). The molecule has 0 bridgehead atoms. The van der Waals surface area contributed by atoms with Crippen molar-refractivity contribution in [3.8, 4) is 11.3 Å². The first-order valence-corrected chi connectivity index (χ1v) is 14.9. The summed E-state index contributed by atoms with van der Waals surface area (Å²) in [5, 5.41) is 12.8. The molecule has 1 amide bonds. The molecule has 204 valence electrons. The molecule has 7 heteroatoms. The number of anilines is 1. The summed E-state index contributed by atoms with van der Waals surface area (Å²) in [5.41, 5.74) is 8.91. The van der Waals surface area contributed by atoms with Crippen molar-refractivity contribution < 1.29 is 9.53 Å². The Morgan fingerprint density at radius 2 is 1.66 bits per heavy atom. The number of carbonyl (C=O) groups excluding carboxylic acids is 1. The van der Waals surface area contributed by atoms with Crippen LogP contribution >= 0.6 is 11.3 Å². The zero-order chi connectivity index (χ0) is 27.6. The van der Waals surface area contributed by atoms with Gasteiger partial charge in [0.2, 0.25) is 0 Å². The fraction of sp³-hybridized carbons (Fsp3) is 0.206. The van der Waals surface area contributed by atoms with Gasteiger partial charge in [0, 0.05) is 42.8 Å². The monoisotopic (exact) mass is 558 g/mol. The van der Waals surface area contributed by atoms with E-state index in [9.17, 15) is 4.79 Å². The molecular formula is C34H30N4O2S. The number of fused-ring (bicyclic) bond motifs is 2. The maximum Gasteiger partial charge on any atom is 0.410 e. The fourth-order valence-electron chi connectivity index (χ4n) is 5.73. The molecular weight excluding hydrogens is 528 g/mol. The number of hydrogen-bond donors (Lipinski definition) is 0. The van der Waals surface area contributed by atoms with Crippen LogP contribution in [0.25, 0.3) is 26.9 Å². The van der Waals surface area contributed by atoms with Crippen LogP contribution in [-0.4, -0.2) is 40.8 Å². The number of carbonyl (C=O) groups is 1. The van der Waals surface area contributed by atoms with E-state index in [1.165, 1.54) is 21.5 Å². The molecule has 0 radical (unpaired) electrons. The number of aromatic nitrogens is 2. The Balaban J connectivity index is 1.08.